The van der Waals surface area contributed by atoms with Crippen LogP contribution in [0.5, 0.6) is 0 Å². The van der Waals surface area contributed by atoms with Crippen LogP contribution in [0.1, 0.15) is 41.0 Å². The molecule has 0 bridgehead atoms. The predicted molar refractivity (Wildman–Crippen MR) is 71.1 cm³/mol. The molecule has 0 saturated heterocycles. The maximum absolute atomic E-state index is 11.4. The van der Waals surface area contributed by atoms with Crippen LogP contribution in [0.4, 0.5) is 0 Å². The Morgan fingerprint density at radius 3 is 1.79 bits per heavy atom. The smallest absolute Gasteiger partial charge is 0.229 e. The molecule has 0 aromatic carbocycles. The fourth-order valence-electron chi connectivity index (χ4n) is 0.910. The minimum Gasteiger partial charge on any atom is -0.385 e. The second-order valence-corrected chi connectivity index (χ2v) is 5.50. The van der Waals surface area contributed by atoms with Gasteiger partial charge in [-0.25, -0.2) is 0 Å². The van der Waals surface area contributed by atoms with E-state index in [2.05, 4.69) is 10.6 Å². The van der Waals surface area contributed by atoms with Gasteiger partial charge in [0.1, 0.15) is 6.42 Å². The van der Waals surface area contributed by atoms with Crippen molar-refractivity contribution in [1.82, 2.24) is 10.6 Å². The van der Waals surface area contributed by atoms with E-state index in [4.69, 9.17) is 0 Å². The molecule has 0 aromatic rings. The number of carbonyl (C=O) groups excluding carboxylic acids is 2. The predicted octanol–water partition coefficient (Wildman–Crippen LogP) is 1.71. The summed E-state index contributed by atoms with van der Waals surface area (Å²) >= 11 is 0. The van der Waals surface area contributed by atoms with Crippen molar-refractivity contribution in [2.45, 2.75) is 41.0 Å². The molecule has 0 aliphatic heterocycles. The number of hydrogen-bond donors (Lipinski definition) is 2. The molecule has 2 radical (unpaired) electrons. The fraction of sp³-hybridized carbons (Fsp3) is 0.692. The van der Waals surface area contributed by atoms with Crippen LogP contribution in [0.2, 0.25) is 0 Å². The molecule has 19 heavy (non-hydrogen) atoms. The molecule has 0 aliphatic rings. The average Bonchev–Trinajstić information content (AvgIpc) is 2.10. The van der Waals surface area contributed by atoms with Crippen LogP contribution in [-0.4, -0.2) is 24.9 Å². The van der Waals surface area contributed by atoms with Crippen molar-refractivity contribution in [2.24, 2.45) is 5.41 Å². The minimum absolute atomic E-state index is 0. The number of nitrogens with one attached hydrogen (secondary N) is 2. The summed E-state index contributed by atoms with van der Waals surface area (Å²) in [5.74, 6) is 0.664. The summed E-state index contributed by atoms with van der Waals surface area (Å²) in [5, 5.41) is 5.41. The summed E-state index contributed by atoms with van der Waals surface area (Å²) in [6, 6.07) is 0. The largest absolute Gasteiger partial charge is 0.385 e. The van der Waals surface area contributed by atoms with Crippen LogP contribution in [0, 0.1) is 18.8 Å². The van der Waals surface area contributed by atoms with Gasteiger partial charge < -0.3 is 24.0 Å². The number of hydrogen-bond acceptors (Lipinski definition) is 2. The van der Waals surface area contributed by atoms with E-state index >= 15 is 0 Å². The third kappa shape index (κ3) is 21.6. The van der Waals surface area contributed by atoms with Crippen LogP contribution >= 0.6 is 0 Å². The monoisotopic (exact) mass is 420 g/mol. The molecular weight excluding hydrogens is 394 g/mol. The Morgan fingerprint density at radius 2 is 1.42 bits per heavy atom. The Kier molecular flexibility index (Phi) is 21.0. The Balaban J connectivity index is -0.000000375. The molecule has 4 nitrogen and oxygen atoms in total. The normalized spacial score (nSPS) is 9.58. The summed E-state index contributed by atoms with van der Waals surface area (Å²) < 4.78 is 0. The van der Waals surface area contributed by atoms with Crippen LogP contribution in [-0.2, 0) is 75.0 Å². The Hall–Kier alpha value is 1.15. The van der Waals surface area contributed by atoms with Crippen molar-refractivity contribution < 1.29 is 75.0 Å². The van der Waals surface area contributed by atoms with Crippen LogP contribution in [0.15, 0.2) is 0 Å². The quantitative estimate of drug-likeness (QED) is 0.526. The van der Waals surface area contributed by atoms with Gasteiger partial charge in [0.15, 0.2) is 0 Å². The van der Waals surface area contributed by atoms with Gasteiger partial charge in [0.25, 0.3) is 0 Å². The Bertz CT molecular complexity index is 252. The minimum atomic E-state index is -0.229. The molecule has 0 unspecified atom stereocenters. The van der Waals surface area contributed by atoms with E-state index in [9.17, 15) is 9.59 Å². The third-order valence-electron chi connectivity index (χ3n) is 1.78. The molecule has 2 amide bonds. The zero-order chi connectivity index (χ0) is 12.8. The van der Waals surface area contributed by atoms with Crippen LogP contribution in [0.3, 0.4) is 0 Å². The molecule has 0 rings (SSSR count). The molecule has 108 valence electrons. The van der Waals surface area contributed by atoms with Gasteiger partial charge in [-0.1, -0.05) is 20.8 Å². The second kappa shape index (κ2) is 14.1. The van der Waals surface area contributed by atoms with E-state index in [1.54, 1.807) is 0 Å². The maximum Gasteiger partial charge on any atom is 0.229 e. The van der Waals surface area contributed by atoms with Crippen molar-refractivity contribution in [1.29, 1.82) is 0 Å². The van der Waals surface area contributed by atoms with Crippen LogP contribution < -0.4 is 10.6 Å². The number of amides is 2. The van der Waals surface area contributed by atoms with Gasteiger partial charge in [0.2, 0.25) is 11.8 Å². The molecule has 0 aliphatic carbocycles. The van der Waals surface area contributed by atoms with E-state index < -0.39 is 0 Å². The van der Waals surface area contributed by atoms with Gasteiger partial charge in [-0.05, 0) is 5.41 Å². The average molecular weight is 420 g/mol. The van der Waals surface area contributed by atoms with E-state index in [1.807, 2.05) is 34.6 Å². The fourth-order valence-corrected chi connectivity index (χ4v) is 0.910. The molecule has 2 N–H and O–H groups in total. The second-order valence-electron chi connectivity index (χ2n) is 5.50. The molecule has 0 spiro atoms. The van der Waals surface area contributed by atoms with Gasteiger partial charge in [-0.15, -0.1) is 6.54 Å². The molecule has 0 aromatic heterocycles. The molecule has 0 atom stereocenters. The summed E-state index contributed by atoms with van der Waals surface area (Å²) in [6.45, 7) is 11.1. The van der Waals surface area contributed by atoms with Crippen molar-refractivity contribution in [3.8, 4) is 0 Å². The summed E-state index contributed by atoms with van der Waals surface area (Å²) in [4.78, 5) is 22.7. The first-order chi connectivity index (χ1) is 7.20. The number of rotatable bonds is 5. The van der Waals surface area contributed by atoms with Crippen LogP contribution in [0.25, 0.3) is 0 Å². The zero-order valence-corrected chi connectivity index (χ0v) is 18.8. The van der Waals surface area contributed by atoms with Crippen molar-refractivity contribution in [3.05, 3.63) is 13.3 Å². The van der Waals surface area contributed by atoms with E-state index in [-0.39, 0.29) is 96.5 Å². The first-order valence-electron chi connectivity index (χ1n) is 5.53. The van der Waals surface area contributed by atoms with E-state index in [1.165, 1.54) is 0 Å². The van der Waals surface area contributed by atoms with Gasteiger partial charge in [0, 0.05) is 72.0 Å². The van der Waals surface area contributed by atoms with Gasteiger partial charge in [-0.2, -0.15) is 13.8 Å². The molecule has 0 saturated carbocycles. The van der Waals surface area contributed by atoms with Crippen molar-refractivity contribution in [2.75, 3.05) is 13.1 Å². The summed E-state index contributed by atoms with van der Waals surface area (Å²) in [5.41, 5.74) is 0.0416. The standard InChI is InChI=1S/C12H23N2O2.CH3.2Y/c1-9(2)7-13-10(15)6-11(16)14-8-12(3,4)5;;;/h6-8H2,1-5H3,(H,13,15)(H,14,16);1H3;;/q2*-1;;. The maximum atomic E-state index is 11.4. The van der Waals surface area contributed by atoms with Gasteiger partial charge in [-0.3, -0.25) is 9.59 Å². The summed E-state index contributed by atoms with van der Waals surface area (Å²) in [7, 11) is 0. The first-order valence-corrected chi connectivity index (χ1v) is 5.53. The first kappa shape index (κ1) is 28.3. The Morgan fingerprint density at radius 1 is 1.00 bits per heavy atom. The molecule has 0 fully saturated rings. The van der Waals surface area contributed by atoms with Crippen molar-refractivity contribution in [3.63, 3.8) is 0 Å². The zero-order valence-electron chi connectivity index (χ0n) is 13.1. The van der Waals surface area contributed by atoms with Crippen molar-refractivity contribution >= 4 is 11.8 Å². The van der Waals surface area contributed by atoms with E-state index in [0.29, 0.717) is 13.1 Å². The topological polar surface area (TPSA) is 58.2 Å². The molecule has 6 heteroatoms. The molecule has 0 heterocycles. The third-order valence-corrected chi connectivity index (χ3v) is 1.78. The SMILES string of the molecule is C[C-](C)CNC(=O)CC(=O)NCC(C)(C)C.[CH3-].[Y].[Y]. The van der Waals surface area contributed by atoms with Gasteiger partial charge >= 0.3 is 0 Å². The van der Waals surface area contributed by atoms with E-state index in [0.717, 1.165) is 5.92 Å². The van der Waals surface area contributed by atoms with Gasteiger partial charge in [0.05, 0.1) is 0 Å². The summed E-state index contributed by atoms with van der Waals surface area (Å²) in [6.07, 6.45) is -0.0939. The number of carbonyl (C=O) groups is 2. The molecular formula is C13H26N2O2Y2-2. The Labute approximate surface area is 168 Å².